The maximum absolute atomic E-state index is 9.53. The third-order valence-corrected chi connectivity index (χ3v) is 0. The van der Waals surface area contributed by atoms with Crippen molar-refractivity contribution in [1.82, 2.24) is 0 Å². The molecule has 0 radical (unpaired) electrons. The molecular formula is C8H18Li2OSi. The van der Waals surface area contributed by atoms with Crippen molar-refractivity contribution in [2.45, 2.75) is 39.6 Å². The molecule has 0 aliphatic carbocycles. The summed E-state index contributed by atoms with van der Waals surface area (Å²) in [5.41, 5.74) is 0. The summed E-state index contributed by atoms with van der Waals surface area (Å²) >= 11 is 0. The number of hydrogen-bond acceptors (Lipinski definition) is 1. The fraction of sp³-hybridized carbons (Fsp3) is 0.750. The van der Waals surface area contributed by atoms with Crippen molar-refractivity contribution < 1.29 is 42.8 Å². The van der Waals surface area contributed by atoms with Gasteiger partial charge in [0.25, 0.3) is 0 Å². The number of hydrogen-bond donors (Lipinski definition) is 0. The van der Waals surface area contributed by atoms with Crippen LogP contribution in [0, 0.1) is 12.8 Å². The third-order valence-electron chi connectivity index (χ3n) is 0. The topological polar surface area (TPSA) is 23.1 Å². The minimum Gasteiger partial charge on any atom is -0.852 e. The Kier molecular flexibility index (Phi) is 72.4. The van der Waals surface area contributed by atoms with E-state index in [0.717, 1.165) is 0 Å². The van der Waals surface area contributed by atoms with E-state index in [2.05, 4.69) is 32.5 Å². The molecule has 0 atom stereocenters. The first kappa shape index (κ1) is 29.3. The van der Waals surface area contributed by atoms with Crippen LogP contribution < -0.4 is 42.8 Å². The minimum absolute atomic E-state index is 0. The average molecular weight is 172 g/mol. The van der Waals surface area contributed by atoms with E-state index >= 15 is 0 Å². The van der Waals surface area contributed by atoms with E-state index in [9.17, 15) is 5.11 Å². The van der Waals surface area contributed by atoms with Crippen molar-refractivity contribution in [3.63, 3.8) is 0 Å². The summed E-state index contributed by atoms with van der Waals surface area (Å²) in [6.45, 7) is 10.0. The molecule has 0 aromatic heterocycles. The van der Waals surface area contributed by atoms with Crippen LogP contribution >= 0.6 is 0 Å². The first-order chi connectivity index (χ1) is 4.46. The molecule has 4 heteroatoms. The van der Waals surface area contributed by atoms with Crippen LogP contribution in [-0.4, -0.2) is 14.9 Å². The summed E-state index contributed by atoms with van der Waals surface area (Å²) in [6.07, 6.45) is 7.58. The molecule has 12 heavy (non-hydrogen) atoms. The van der Waals surface area contributed by atoms with Crippen molar-refractivity contribution in [3.05, 3.63) is 0 Å². The Balaban J connectivity index is -0.0000000198. The van der Waals surface area contributed by atoms with E-state index in [1.165, 1.54) is 0 Å². The fourth-order valence-corrected chi connectivity index (χ4v) is 0. The smallest absolute Gasteiger partial charge is 0.852 e. The first-order valence-electron chi connectivity index (χ1n) is 3.22. The molecular weight excluding hydrogens is 154 g/mol. The van der Waals surface area contributed by atoms with Gasteiger partial charge in [0.2, 0.25) is 0 Å². The molecule has 0 heterocycles. The Labute approximate surface area is 104 Å². The van der Waals surface area contributed by atoms with E-state index in [0.29, 0.717) is 0 Å². The Morgan fingerprint density at radius 2 is 1.00 bits per heavy atom. The monoisotopic (exact) mass is 172 g/mol. The molecule has 1 nitrogen and oxygen atoms in total. The van der Waals surface area contributed by atoms with Crippen LogP contribution in [0.3, 0.4) is 0 Å². The van der Waals surface area contributed by atoms with Gasteiger partial charge in [0, 0.05) is 0 Å². The molecule has 0 unspecified atom stereocenters. The van der Waals surface area contributed by atoms with Crippen LogP contribution in [0.1, 0.15) is 13.8 Å². The quantitative estimate of drug-likeness (QED) is 0.266. The van der Waals surface area contributed by atoms with Crippen molar-refractivity contribution in [1.29, 1.82) is 0 Å². The summed E-state index contributed by atoms with van der Waals surface area (Å²) < 4.78 is 0. The van der Waals surface area contributed by atoms with Crippen LogP contribution in [-0.2, 0) is 0 Å². The molecule has 0 aliphatic rings. The van der Waals surface area contributed by atoms with Gasteiger partial charge in [-0.25, -0.2) is 0 Å². The van der Waals surface area contributed by atoms with E-state index < -0.39 is 6.10 Å². The predicted molar refractivity (Wildman–Crippen MR) is 48.4 cm³/mol. The average Bonchev–Trinajstić information content (AvgIpc) is 1.66. The molecule has 0 amide bonds. The van der Waals surface area contributed by atoms with Gasteiger partial charge < -0.3 is 5.11 Å². The summed E-state index contributed by atoms with van der Waals surface area (Å²) in [7, 11) is 0.120. The van der Waals surface area contributed by atoms with Crippen LogP contribution in [0.15, 0.2) is 0 Å². The zero-order valence-electron chi connectivity index (χ0n) is 9.64. The van der Waals surface area contributed by atoms with Gasteiger partial charge in [-0.3, -0.25) is 8.80 Å². The predicted octanol–water partition coefficient (Wildman–Crippen LogP) is -4.62. The van der Waals surface area contributed by atoms with Crippen LogP contribution in [0.2, 0.25) is 19.6 Å². The molecule has 0 N–H and O–H groups in total. The Hall–Kier alpha value is 0.932. The molecule has 0 rings (SSSR count). The second-order valence-corrected chi connectivity index (χ2v) is 5.55. The van der Waals surface area contributed by atoms with Gasteiger partial charge >= 0.3 is 37.7 Å². The normalized spacial score (nSPS) is 6.17. The molecule has 0 bridgehead atoms. The van der Waals surface area contributed by atoms with E-state index in [-0.39, 0.29) is 46.5 Å². The van der Waals surface area contributed by atoms with Gasteiger partial charge in [0.05, 0.1) is 0 Å². The van der Waals surface area contributed by atoms with E-state index in [4.69, 9.17) is 0 Å². The standard InChI is InChI=1S/C3H7O.C3H9Si.C2H2.2Li/c1-3(2)4;1-4(2)3;1-2;;/h3H,1-2H3;1-3H3;1-2H;;/q2*-1;;2*+1. The SMILES string of the molecule is C#C.CC(C)[O-].C[Si-](C)C.[Li+].[Li+]. The van der Waals surface area contributed by atoms with Gasteiger partial charge in [-0.2, -0.15) is 19.6 Å². The zero-order valence-corrected chi connectivity index (χ0v) is 10.6. The van der Waals surface area contributed by atoms with E-state index in [1.807, 2.05) is 0 Å². The van der Waals surface area contributed by atoms with Gasteiger partial charge in [-0.05, 0) is 0 Å². The van der Waals surface area contributed by atoms with Crippen LogP contribution in [0.25, 0.3) is 0 Å². The Morgan fingerprint density at radius 1 is 1.00 bits per heavy atom. The second kappa shape index (κ2) is 29.7. The molecule has 0 fully saturated rings. The molecule has 0 spiro atoms. The van der Waals surface area contributed by atoms with Gasteiger partial charge in [-0.1, -0.05) is 13.8 Å². The van der Waals surface area contributed by atoms with Crippen molar-refractivity contribution in [2.24, 2.45) is 0 Å². The Bertz CT molecular complexity index is 53.8. The zero-order chi connectivity index (χ0) is 9.15. The second-order valence-electron chi connectivity index (χ2n) is 2.55. The van der Waals surface area contributed by atoms with Crippen molar-refractivity contribution >= 4 is 8.80 Å². The van der Waals surface area contributed by atoms with Gasteiger partial charge in [0.1, 0.15) is 0 Å². The molecule has 62 valence electrons. The van der Waals surface area contributed by atoms with Gasteiger partial charge in [-0.15, -0.1) is 19.0 Å². The maximum atomic E-state index is 9.53. The minimum atomic E-state index is -0.417. The fourth-order valence-electron chi connectivity index (χ4n) is 0. The Morgan fingerprint density at radius 3 is 1.00 bits per heavy atom. The molecule has 0 saturated heterocycles. The molecule has 0 aromatic carbocycles. The summed E-state index contributed by atoms with van der Waals surface area (Å²) in [5.74, 6) is 0. The van der Waals surface area contributed by atoms with Crippen LogP contribution in [0.4, 0.5) is 0 Å². The summed E-state index contributed by atoms with van der Waals surface area (Å²) in [5, 5.41) is 9.53. The molecule has 0 saturated carbocycles. The summed E-state index contributed by atoms with van der Waals surface area (Å²) in [4.78, 5) is 0. The number of terminal acetylenes is 1. The third kappa shape index (κ3) is 1240. The van der Waals surface area contributed by atoms with E-state index in [1.54, 1.807) is 13.8 Å². The van der Waals surface area contributed by atoms with Crippen LogP contribution in [0.5, 0.6) is 0 Å². The summed E-state index contributed by atoms with van der Waals surface area (Å²) in [6, 6.07) is 0. The van der Waals surface area contributed by atoms with Gasteiger partial charge in [0.15, 0.2) is 0 Å². The first-order valence-corrected chi connectivity index (χ1v) is 6.22. The maximum Gasteiger partial charge on any atom is 1.00 e. The van der Waals surface area contributed by atoms with Crippen molar-refractivity contribution in [2.75, 3.05) is 0 Å². The molecule has 0 aliphatic heterocycles. The number of rotatable bonds is 0. The van der Waals surface area contributed by atoms with Crippen molar-refractivity contribution in [3.8, 4) is 12.8 Å². The molecule has 0 aromatic rings. The largest absolute Gasteiger partial charge is 1.00 e.